The van der Waals surface area contributed by atoms with Crippen LogP contribution in [0.5, 0.6) is 5.75 Å². The van der Waals surface area contributed by atoms with Crippen molar-refractivity contribution in [1.82, 2.24) is 4.90 Å². The molecule has 166 valence electrons. The van der Waals surface area contributed by atoms with Crippen molar-refractivity contribution in [3.8, 4) is 5.75 Å². The highest BCUT2D eigenvalue weighted by Gasteiger charge is 2.36. The molecule has 2 amide bonds. The molecule has 1 saturated heterocycles. The fourth-order valence-corrected chi connectivity index (χ4v) is 4.03. The van der Waals surface area contributed by atoms with Gasteiger partial charge >= 0.3 is 11.9 Å². The minimum atomic E-state index is -0.673. The highest BCUT2D eigenvalue weighted by Crippen LogP contribution is 2.32. The van der Waals surface area contributed by atoms with Crippen molar-refractivity contribution in [2.24, 2.45) is 0 Å². The van der Waals surface area contributed by atoms with Gasteiger partial charge in [0, 0.05) is 5.02 Å². The second kappa shape index (κ2) is 10.2. The number of carbonyl (C=O) groups is 4. The van der Waals surface area contributed by atoms with Crippen LogP contribution in [-0.2, 0) is 14.3 Å². The Bertz CT molecular complexity index is 1130. The van der Waals surface area contributed by atoms with Gasteiger partial charge in [-0.3, -0.25) is 19.3 Å². The Morgan fingerprint density at radius 2 is 1.88 bits per heavy atom. The zero-order chi connectivity index (χ0) is 23.4. The van der Waals surface area contributed by atoms with E-state index in [0.29, 0.717) is 22.3 Å². The lowest BCUT2D eigenvalue weighted by molar-refractivity contribution is -0.149. The number of amides is 2. The van der Waals surface area contributed by atoms with Crippen LogP contribution >= 0.6 is 35.0 Å². The number of halogens is 2. The maximum atomic E-state index is 12.6. The molecule has 2 aromatic carbocycles. The number of esters is 2. The van der Waals surface area contributed by atoms with Crippen molar-refractivity contribution >= 4 is 64.1 Å². The molecule has 0 atom stereocenters. The summed E-state index contributed by atoms with van der Waals surface area (Å²) in [5, 5.41) is -0.0230. The second-order valence-electron chi connectivity index (χ2n) is 6.89. The molecule has 7 nitrogen and oxygen atoms in total. The van der Waals surface area contributed by atoms with E-state index < -0.39 is 29.6 Å². The first kappa shape index (κ1) is 23.8. The van der Waals surface area contributed by atoms with Gasteiger partial charge in [-0.1, -0.05) is 35.3 Å². The van der Waals surface area contributed by atoms with Crippen LogP contribution in [0.1, 0.15) is 29.8 Å². The standard InChI is InChI=1S/C22H17Cl2NO6S/c1-12(2)30-19(26)11-25-20(27)18(32-22(25)29)9-13-4-3-5-15(8-13)31-21(28)16-7-6-14(23)10-17(16)24/h3-10,12H,11H2,1-2H3/b18-9-. The highest BCUT2D eigenvalue weighted by molar-refractivity contribution is 8.18. The van der Waals surface area contributed by atoms with Crippen LogP contribution in [-0.4, -0.2) is 40.6 Å². The molecule has 2 aromatic rings. The Kier molecular flexibility index (Phi) is 7.60. The molecule has 0 spiro atoms. The molecule has 0 bridgehead atoms. The smallest absolute Gasteiger partial charge is 0.345 e. The maximum Gasteiger partial charge on any atom is 0.345 e. The molecule has 0 radical (unpaired) electrons. The maximum absolute atomic E-state index is 12.6. The molecule has 1 heterocycles. The zero-order valence-corrected chi connectivity index (χ0v) is 19.3. The Labute approximate surface area is 198 Å². The normalized spacial score (nSPS) is 14.9. The number of carbonyl (C=O) groups excluding carboxylic acids is 4. The molecule has 0 aromatic heterocycles. The first-order chi connectivity index (χ1) is 15.1. The monoisotopic (exact) mass is 493 g/mol. The van der Waals surface area contributed by atoms with Crippen LogP contribution in [0.3, 0.4) is 0 Å². The van der Waals surface area contributed by atoms with E-state index in [-0.39, 0.29) is 27.3 Å². The molecule has 0 N–H and O–H groups in total. The summed E-state index contributed by atoms with van der Waals surface area (Å²) in [5.41, 5.74) is 0.670. The molecular formula is C22H17Cl2NO6S. The van der Waals surface area contributed by atoms with Crippen molar-refractivity contribution in [3.05, 3.63) is 68.5 Å². The summed E-state index contributed by atoms with van der Waals surface area (Å²) in [4.78, 5) is 49.9. The summed E-state index contributed by atoms with van der Waals surface area (Å²) in [6.07, 6.45) is 1.12. The number of imide groups is 1. The van der Waals surface area contributed by atoms with Gasteiger partial charge < -0.3 is 9.47 Å². The van der Waals surface area contributed by atoms with E-state index in [1.54, 1.807) is 32.0 Å². The van der Waals surface area contributed by atoms with Gasteiger partial charge in [0.15, 0.2) is 0 Å². The van der Waals surface area contributed by atoms with Crippen molar-refractivity contribution in [3.63, 3.8) is 0 Å². The summed E-state index contributed by atoms with van der Waals surface area (Å²) < 4.78 is 10.3. The Morgan fingerprint density at radius 1 is 1.12 bits per heavy atom. The fourth-order valence-electron chi connectivity index (χ4n) is 2.70. The van der Waals surface area contributed by atoms with Crippen LogP contribution in [0.4, 0.5) is 4.79 Å². The lowest BCUT2D eigenvalue weighted by Gasteiger charge is -2.13. The van der Waals surface area contributed by atoms with Crippen molar-refractivity contribution in [2.75, 3.05) is 6.54 Å². The number of ether oxygens (including phenoxy) is 2. The van der Waals surface area contributed by atoms with E-state index in [1.165, 1.54) is 30.3 Å². The molecule has 0 saturated carbocycles. The first-order valence-corrected chi connectivity index (χ1v) is 10.9. The molecule has 1 fully saturated rings. The van der Waals surface area contributed by atoms with Crippen molar-refractivity contribution < 1.29 is 28.7 Å². The number of hydrogen-bond donors (Lipinski definition) is 0. The average Bonchev–Trinajstić information content (AvgIpc) is 2.95. The predicted molar refractivity (Wildman–Crippen MR) is 122 cm³/mol. The van der Waals surface area contributed by atoms with Gasteiger partial charge in [0.25, 0.3) is 11.1 Å². The minimum Gasteiger partial charge on any atom is -0.462 e. The van der Waals surface area contributed by atoms with Gasteiger partial charge in [0.05, 0.1) is 21.6 Å². The van der Waals surface area contributed by atoms with Crippen LogP contribution in [0.2, 0.25) is 10.0 Å². The third kappa shape index (κ3) is 5.91. The van der Waals surface area contributed by atoms with Gasteiger partial charge in [-0.15, -0.1) is 0 Å². The summed E-state index contributed by atoms with van der Waals surface area (Å²) >= 11 is 12.6. The summed E-state index contributed by atoms with van der Waals surface area (Å²) in [7, 11) is 0. The molecule has 1 aliphatic rings. The Balaban J connectivity index is 1.73. The first-order valence-electron chi connectivity index (χ1n) is 9.36. The summed E-state index contributed by atoms with van der Waals surface area (Å²) in [6.45, 7) is 2.89. The van der Waals surface area contributed by atoms with E-state index in [1.807, 2.05) is 0 Å². The lowest BCUT2D eigenvalue weighted by atomic mass is 10.2. The third-order valence-electron chi connectivity index (χ3n) is 4.05. The van der Waals surface area contributed by atoms with E-state index >= 15 is 0 Å². The van der Waals surface area contributed by atoms with E-state index in [0.717, 1.165) is 4.90 Å². The van der Waals surface area contributed by atoms with Crippen molar-refractivity contribution in [1.29, 1.82) is 0 Å². The topological polar surface area (TPSA) is 90.0 Å². The quantitative estimate of drug-likeness (QED) is 0.310. The Hall–Kier alpha value is -2.81. The molecule has 10 heteroatoms. The van der Waals surface area contributed by atoms with Gasteiger partial charge in [-0.25, -0.2) is 4.79 Å². The molecule has 0 unspecified atom stereocenters. The number of thioether (sulfide) groups is 1. The second-order valence-corrected chi connectivity index (χ2v) is 8.73. The number of benzene rings is 2. The molecule has 32 heavy (non-hydrogen) atoms. The van der Waals surface area contributed by atoms with Crippen LogP contribution in [0, 0.1) is 0 Å². The highest BCUT2D eigenvalue weighted by atomic mass is 35.5. The SMILES string of the molecule is CC(C)OC(=O)CN1C(=O)S/C(=C\c2cccc(OC(=O)c3ccc(Cl)cc3Cl)c2)C1=O. The fraction of sp³-hybridized carbons (Fsp3) is 0.182. The van der Waals surface area contributed by atoms with Crippen molar-refractivity contribution in [2.45, 2.75) is 20.0 Å². The van der Waals surface area contributed by atoms with E-state index in [9.17, 15) is 19.2 Å². The molecule has 3 rings (SSSR count). The molecular weight excluding hydrogens is 477 g/mol. The Morgan fingerprint density at radius 3 is 2.56 bits per heavy atom. The number of hydrogen-bond acceptors (Lipinski definition) is 7. The molecule has 1 aliphatic heterocycles. The van der Waals surface area contributed by atoms with E-state index in [2.05, 4.69) is 0 Å². The number of nitrogens with zero attached hydrogens (tertiary/aromatic N) is 1. The van der Waals surface area contributed by atoms with Crippen LogP contribution in [0.25, 0.3) is 6.08 Å². The average molecular weight is 494 g/mol. The molecule has 0 aliphatic carbocycles. The van der Waals surface area contributed by atoms with Gasteiger partial charge in [-0.2, -0.15) is 0 Å². The van der Waals surface area contributed by atoms with Gasteiger partial charge in [-0.05, 0) is 67.6 Å². The summed E-state index contributed by atoms with van der Waals surface area (Å²) in [5.74, 6) is -1.73. The van der Waals surface area contributed by atoms with E-state index in [4.69, 9.17) is 32.7 Å². The predicted octanol–water partition coefficient (Wildman–Crippen LogP) is 5.20. The zero-order valence-electron chi connectivity index (χ0n) is 17.0. The van der Waals surface area contributed by atoms with Gasteiger partial charge in [0.2, 0.25) is 0 Å². The number of rotatable bonds is 6. The third-order valence-corrected chi connectivity index (χ3v) is 5.50. The van der Waals surface area contributed by atoms with Gasteiger partial charge in [0.1, 0.15) is 12.3 Å². The van der Waals surface area contributed by atoms with Crippen LogP contribution < -0.4 is 4.74 Å². The van der Waals surface area contributed by atoms with Crippen LogP contribution in [0.15, 0.2) is 47.4 Å². The lowest BCUT2D eigenvalue weighted by Crippen LogP contribution is -2.35. The summed E-state index contributed by atoms with van der Waals surface area (Å²) in [6, 6.07) is 10.8. The minimum absolute atomic E-state index is 0.136. The largest absolute Gasteiger partial charge is 0.462 e.